The van der Waals surface area contributed by atoms with E-state index < -0.39 is 5.91 Å². The first-order valence-electron chi connectivity index (χ1n) is 5.06. The quantitative estimate of drug-likeness (QED) is 0.745. The van der Waals surface area contributed by atoms with Gasteiger partial charge in [0.1, 0.15) is 0 Å². The first kappa shape index (κ1) is 12.3. The third kappa shape index (κ3) is 3.41. The minimum absolute atomic E-state index is 0.331. The Kier molecular flexibility index (Phi) is 3.70. The van der Waals surface area contributed by atoms with Crippen LogP contribution in [0.15, 0.2) is 24.3 Å². The highest BCUT2D eigenvalue weighted by Gasteiger charge is 2.11. The summed E-state index contributed by atoms with van der Waals surface area (Å²) in [7, 11) is 0. The fourth-order valence-electron chi connectivity index (χ4n) is 1.16. The fourth-order valence-corrected chi connectivity index (χ4v) is 1.16. The molecule has 1 aromatic carbocycles. The maximum absolute atomic E-state index is 10.9. The minimum atomic E-state index is -0.413. The molecule has 0 aliphatic heterocycles. The number of nitrogens with two attached hydrogens (primary N) is 1. The number of terminal acetylenes is 1. The minimum Gasteiger partial charge on any atom is -0.366 e. The van der Waals surface area contributed by atoms with E-state index in [0.717, 1.165) is 5.56 Å². The molecule has 0 aromatic heterocycles. The summed E-state index contributed by atoms with van der Waals surface area (Å²) in [6.07, 6.45) is 5.36. The first-order valence-corrected chi connectivity index (χ1v) is 5.06. The molecule has 0 aliphatic rings. The van der Waals surface area contributed by atoms with Crippen LogP contribution in [0.5, 0.6) is 0 Å². The van der Waals surface area contributed by atoms with Crippen LogP contribution < -0.4 is 11.1 Å². The molecule has 0 saturated carbocycles. The monoisotopic (exact) mass is 216 g/mol. The van der Waals surface area contributed by atoms with Crippen molar-refractivity contribution in [2.75, 3.05) is 0 Å². The normalized spacial score (nSPS) is 10.8. The Morgan fingerprint density at radius 3 is 2.44 bits per heavy atom. The van der Waals surface area contributed by atoms with Gasteiger partial charge in [-0.2, -0.15) is 0 Å². The van der Waals surface area contributed by atoms with Crippen LogP contribution in [-0.2, 0) is 6.54 Å². The predicted molar refractivity (Wildman–Crippen MR) is 64.7 cm³/mol. The van der Waals surface area contributed by atoms with Crippen LogP contribution in [0.1, 0.15) is 29.8 Å². The SMILES string of the molecule is C#CC(C)(C)NCc1ccc(C(N)=O)cc1. The number of hydrogen-bond acceptors (Lipinski definition) is 2. The Bertz CT molecular complexity index is 413. The van der Waals surface area contributed by atoms with Gasteiger partial charge >= 0.3 is 0 Å². The molecule has 16 heavy (non-hydrogen) atoms. The summed E-state index contributed by atoms with van der Waals surface area (Å²) in [4.78, 5) is 10.9. The molecular formula is C13H16N2O. The Labute approximate surface area is 96.0 Å². The molecule has 1 rings (SSSR count). The van der Waals surface area contributed by atoms with Crippen LogP contribution in [0.3, 0.4) is 0 Å². The van der Waals surface area contributed by atoms with E-state index in [-0.39, 0.29) is 5.54 Å². The Hall–Kier alpha value is -1.79. The van der Waals surface area contributed by atoms with Crippen molar-refractivity contribution in [3.63, 3.8) is 0 Å². The van der Waals surface area contributed by atoms with Crippen LogP contribution >= 0.6 is 0 Å². The molecule has 0 bridgehead atoms. The van der Waals surface area contributed by atoms with E-state index in [1.165, 1.54) is 0 Å². The van der Waals surface area contributed by atoms with E-state index in [1.54, 1.807) is 12.1 Å². The molecule has 0 spiro atoms. The van der Waals surface area contributed by atoms with Crippen LogP contribution in [0.2, 0.25) is 0 Å². The van der Waals surface area contributed by atoms with Gasteiger partial charge in [-0.05, 0) is 31.5 Å². The molecule has 0 fully saturated rings. The second kappa shape index (κ2) is 4.82. The first-order chi connectivity index (χ1) is 7.44. The molecule has 0 unspecified atom stereocenters. The Morgan fingerprint density at radius 1 is 1.44 bits per heavy atom. The Morgan fingerprint density at radius 2 is 2.00 bits per heavy atom. The van der Waals surface area contributed by atoms with E-state index in [4.69, 9.17) is 12.2 Å². The molecule has 1 aromatic rings. The summed E-state index contributed by atoms with van der Waals surface area (Å²) in [5.74, 6) is 2.24. The lowest BCUT2D eigenvalue weighted by atomic mass is 10.1. The molecule has 0 radical (unpaired) electrons. The average Bonchev–Trinajstić information content (AvgIpc) is 2.27. The number of nitrogens with one attached hydrogen (secondary N) is 1. The number of carbonyl (C=O) groups excluding carboxylic acids is 1. The van der Waals surface area contributed by atoms with Crippen LogP contribution in [0.25, 0.3) is 0 Å². The third-order valence-corrected chi connectivity index (χ3v) is 2.33. The summed E-state index contributed by atoms with van der Waals surface area (Å²) < 4.78 is 0. The largest absolute Gasteiger partial charge is 0.366 e. The lowest BCUT2D eigenvalue weighted by Gasteiger charge is -2.19. The highest BCUT2D eigenvalue weighted by Crippen LogP contribution is 2.06. The number of carbonyl (C=O) groups is 1. The maximum Gasteiger partial charge on any atom is 0.248 e. The molecule has 84 valence electrons. The van der Waals surface area contributed by atoms with Gasteiger partial charge in [0.15, 0.2) is 0 Å². The van der Waals surface area contributed by atoms with Gasteiger partial charge in [0.2, 0.25) is 5.91 Å². The van der Waals surface area contributed by atoms with Crippen molar-refractivity contribution >= 4 is 5.91 Å². The Balaban J connectivity index is 2.64. The second-order valence-electron chi connectivity index (χ2n) is 4.18. The lowest BCUT2D eigenvalue weighted by molar-refractivity contribution is 0.100. The van der Waals surface area contributed by atoms with Crippen molar-refractivity contribution in [3.8, 4) is 12.3 Å². The van der Waals surface area contributed by atoms with Gasteiger partial charge in [0.25, 0.3) is 0 Å². The van der Waals surface area contributed by atoms with Crippen LogP contribution in [0, 0.1) is 12.3 Å². The summed E-state index contributed by atoms with van der Waals surface area (Å²) in [5, 5.41) is 3.22. The zero-order valence-corrected chi connectivity index (χ0v) is 9.58. The number of amides is 1. The van der Waals surface area contributed by atoms with Crippen molar-refractivity contribution in [1.82, 2.24) is 5.32 Å². The van der Waals surface area contributed by atoms with Gasteiger partial charge in [-0.15, -0.1) is 6.42 Å². The zero-order valence-electron chi connectivity index (χ0n) is 9.58. The zero-order chi connectivity index (χ0) is 12.2. The predicted octanol–water partition coefficient (Wildman–Crippen LogP) is 1.29. The van der Waals surface area contributed by atoms with Crippen LogP contribution in [-0.4, -0.2) is 11.4 Å². The number of primary amides is 1. The van der Waals surface area contributed by atoms with Gasteiger partial charge < -0.3 is 5.73 Å². The molecule has 1 amide bonds. The summed E-state index contributed by atoms with van der Waals surface area (Å²) in [6.45, 7) is 4.53. The van der Waals surface area contributed by atoms with Gasteiger partial charge in [-0.25, -0.2) is 0 Å². The molecule has 3 heteroatoms. The van der Waals surface area contributed by atoms with Crippen molar-refractivity contribution in [3.05, 3.63) is 35.4 Å². The van der Waals surface area contributed by atoms with Gasteiger partial charge in [-0.3, -0.25) is 10.1 Å². The molecule has 3 nitrogen and oxygen atoms in total. The maximum atomic E-state index is 10.9. The lowest BCUT2D eigenvalue weighted by Crippen LogP contribution is -2.36. The van der Waals surface area contributed by atoms with E-state index in [2.05, 4.69) is 11.2 Å². The van der Waals surface area contributed by atoms with Crippen molar-refractivity contribution in [2.45, 2.75) is 25.9 Å². The number of hydrogen-bond donors (Lipinski definition) is 2. The number of benzene rings is 1. The van der Waals surface area contributed by atoms with E-state index >= 15 is 0 Å². The van der Waals surface area contributed by atoms with Crippen LogP contribution in [0.4, 0.5) is 0 Å². The van der Waals surface area contributed by atoms with E-state index in [0.29, 0.717) is 12.1 Å². The van der Waals surface area contributed by atoms with Crippen molar-refractivity contribution in [2.24, 2.45) is 5.73 Å². The molecular weight excluding hydrogens is 200 g/mol. The average molecular weight is 216 g/mol. The number of rotatable bonds is 4. The molecule has 0 saturated heterocycles. The van der Waals surface area contributed by atoms with E-state index in [1.807, 2.05) is 26.0 Å². The fraction of sp³-hybridized carbons (Fsp3) is 0.308. The van der Waals surface area contributed by atoms with E-state index in [9.17, 15) is 4.79 Å². The highest BCUT2D eigenvalue weighted by molar-refractivity contribution is 5.92. The summed E-state index contributed by atoms with van der Waals surface area (Å²) >= 11 is 0. The van der Waals surface area contributed by atoms with Crippen molar-refractivity contribution < 1.29 is 4.79 Å². The molecule has 0 heterocycles. The smallest absolute Gasteiger partial charge is 0.248 e. The van der Waals surface area contributed by atoms with Gasteiger partial charge in [0, 0.05) is 12.1 Å². The molecule has 3 N–H and O–H groups in total. The summed E-state index contributed by atoms with van der Waals surface area (Å²) in [5.41, 5.74) is 6.39. The van der Waals surface area contributed by atoms with Gasteiger partial charge in [-0.1, -0.05) is 18.1 Å². The highest BCUT2D eigenvalue weighted by atomic mass is 16.1. The third-order valence-electron chi connectivity index (χ3n) is 2.33. The van der Waals surface area contributed by atoms with Crippen molar-refractivity contribution in [1.29, 1.82) is 0 Å². The summed E-state index contributed by atoms with van der Waals surface area (Å²) in [6, 6.07) is 7.14. The topological polar surface area (TPSA) is 55.1 Å². The second-order valence-corrected chi connectivity index (χ2v) is 4.18. The molecule has 0 aliphatic carbocycles. The van der Waals surface area contributed by atoms with Gasteiger partial charge in [0.05, 0.1) is 5.54 Å². The molecule has 0 atom stereocenters. The standard InChI is InChI=1S/C13H16N2O/c1-4-13(2,3)15-9-10-5-7-11(8-6-10)12(14)16/h1,5-8,15H,9H2,2-3H3,(H2,14,16).